The van der Waals surface area contributed by atoms with Crippen LogP contribution < -0.4 is 10.9 Å². The summed E-state index contributed by atoms with van der Waals surface area (Å²) in [4.78, 5) is 45.7. The quantitative estimate of drug-likeness (QED) is 0.0811. The Morgan fingerprint density at radius 2 is 1.90 bits per heavy atom. The number of carbonyl (C=O) groups excluding carboxylic acids is 2. The molecule has 0 radical (unpaired) electrons. The molecular formula is C28H23N3O4S4. The molecule has 1 aromatic carbocycles. The number of benzene rings is 1. The van der Waals surface area contributed by atoms with Gasteiger partial charge in [-0.25, -0.2) is 9.78 Å². The van der Waals surface area contributed by atoms with Gasteiger partial charge in [-0.05, 0) is 23.9 Å². The molecule has 5 rings (SSSR count). The lowest BCUT2D eigenvalue weighted by Crippen LogP contribution is -2.23. The first kappa shape index (κ1) is 27.1. The standard InChI is InChI=1S/C28H23N3O4S4/c1-3-12-31-26(33)22-19(20-11-8-13-36-20)15-38-24(22)30-28(31)39-16-21(32)29-25-23(27(34)35-4-2)18(14-37-25)17-9-6-5-7-10-17/h3,5-11,13-15H,1,4,12,16H2,2H3,(H,29,32). The minimum absolute atomic E-state index is 0.000910. The number of anilines is 1. The van der Waals surface area contributed by atoms with Crippen LogP contribution in [0, 0.1) is 0 Å². The van der Waals surface area contributed by atoms with Crippen LogP contribution in [0.3, 0.4) is 0 Å². The Hall–Kier alpha value is -3.51. The molecule has 0 aliphatic heterocycles. The van der Waals surface area contributed by atoms with E-state index in [4.69, 9.17) is 9.72 Å². The molecule has 198 valence electrons. The zero-order chi connectivity index (χ0) is 27.4. The van der Waals surface area contributed by atoms with Crippen LogP contribution in [0.4, 0.5) is 5.00 Å². The number of ether oxygens (including phenoxy) is 1. The van der Waals surface area contributed by atoms with Crippen LogP contribution in [0.1, 0.15) is 17.3 Å². The highest BCUT2D eigenvalue weighted by molar-refractivity contribution is 7.99. The first-order valence-corrected chi connectivity index (χ1v) is 15.6. The molecule has 0 saturated carbocycles. The molecule has 11 heteroatoms. The van der Waals surface area contributed by atoms with E-state index in [1.165, 1.54) is 34.4 Å². The second kappa shape index (κ2) is 12.1. The summed E-state index contributed by atoms with van der Waals surface area (Å²) in [5.74, 6) is -0.817. The van der Waals surface area contributed by atoms with Gasteiger partial charge in [-0.3, -0.25) is 14.2 Å². The topological polar surface area (TPSA) is 90.3 Å². The lowest BCUT2D eigenvalue weighted by atomic mass is 10.0. The molecule has 39 heavy (non-hydrogen) atoms. The molecule has 0 aliphatic rings. The molecule has 5 aromatic rings. The van der Waals surface area contributed by atoms with Crippen molar-refractivity contribution in [1.82, 2.24) is 9.55 Å². The Morgan fingerprint density at radius 3 is 2.62 bits per heavy atom. The zero-order valence-corrected chi connectivity index (χ0v) is 24.1. The molecular weight excluding hydrogens is 571 g/mol. The van der Waals surface area contributed by atoms with Crippen LogP contribution in [0.25, 0.3) is 31.8 Å². The third-order valence-corrected chi connectivity index (χ3v) is 9.34. The van der Waals surface area contributed by atoms with Crippen molar-refractivity contribution in [2.24, 2.45) is 0 Å². The number of carbonyl (C=O) groups is 2. The van der Waals surface area contributed by atoms with Crippen LogP contribution in [-0.4, -0.2) is 33.8 Å². The lowest BCUT2D eigenvalue weighted by Gasteiger charge is -2.11. The minimum Gasteiger partial charge on any atom is -0.462 e. The maximum absolute atomic E-state index is 13.5. The number of nitrogens with one attached hydrogen (secondary N) is 1. The summed E-state index contributed by atoms with van der Waals surface area (Å²) in [5, 5.41) is 10.0. The number of nitrogens with zero attached hydrogens (tertiary/aromatic N) is 2. The van der Waals surface area contributed by atoms with Gasteiger partial charge in [0, 0.05) is 33.3 Å². The highest BCUT2D eigenvalue weighted by atomic mass is 32.2. The molecule has 0 bridgehead atoms. The molecule has 0 spiro atoms. The number of allylic oxidation sites excluding steroid dienone is 1. The van der Waals surface area contributed by atoms with E-state index in [-0.39, 0.29) is 30.4 Å². The first-order chi connectivity index (χ1) is 19.0. The second-order valence-electron chi connectivity index (χ2n) is 8.18. The Kier molecular flexibility index (Phi) is 8.41. The highest BCUT2D eigenvalue weighted by Crippen LogP contribution is 2.37. The van der Waals surface area contributed by atoms with Crippen molar-refractivity contribution < 1.29 is 14.3 Å². The molecule has 0 saturated heterocycles. The van der Waals surface area contributed by atoms with E-state index in [1.54, 1.807) is 28.9 Å². The van der Waals surface area contributed by atoms with Crippen LogP contribution >= 0.6 is 45.8 Å². The van der Waals surface area contributed by atoms with Gasteiger partial charge in [-0.15, -0.1) is 40.6 Å². The number of thiophene rings is 3. The zero-order valence-electron chi connectivity index (χ0n) is 20.8. The molecule has 7 nitrogen and oxygen atoms in total. The van der Waals surface area contributed by atoms with Crippen molar-refractivity contribution in [2.75, 3.05) is 17.7 Å². The van der Waals surface area contributed by atoms with Crippen LogP contribution in [0.15, 0.2) is 81.2 Å². The molecule has 1 amide bonds. The van der Waals surface area contributed by atoms with Gasteiger partial charge >= 0.3 is 5.97 Å². The van der Waals surface area contributed by atoms with E-state index >= 15 is 0 Å². The van der Waals surface area contributed by atoms with Gasteiger partial charge in [0.1, 0.15) is 15.4 Å². The van der Waals surface area contributed by atoms with E-state index in [0.29, 0.717) is 31.5 Å². The van der Waals surface area contributed by atoms with Crippen LogP contribution in [0.5, 0.6) is 0 Å². The Labute approximate surface area is 240 Å². The molecule has 0 unspecified atom stereocenters. The average molecular weight is 594 g/mol. The molecule has 0 aliphatic carbocycles. The summed E-state index contributed by atoms with van der Waals surface area (Å²) in [6.45, 7) is 6.01. The fourth-order valence-electron chi connectivity index (χ4n) is 4.00. The van der Waals surface area contributed by atoms with Gasteiger partial charge in [0.2, 0.25) is 5.91 Å². The maximum atomic E-state index is 13.5. The average Bonchev–Trinajstić information content (AvgIpc) is 3.70. The third-order valence-electron chi connectivity index (χ3n) is 5.70. The lowest BCUT2D eigenvalue weighted by molar-refractivity contribution is -0.113. The van der Waals surface area contributed by atoms with Crippen molar-refractivity contribution in [3.63, 3.8) is 0 Å². The normalized spacial score (nSPS) is 11.0. The summed E-state index contributed by atoms with van der Waals surface area (Å²) in [6.07, 6.45) is 1.64. The number of aromatic nitrogens is 2. The summed E-state index contributed by atoms with van der Waals surface area (Å²) in [5.41, 5.74) is 2.59. The number of hydrogen-bond acceptors (Lipinski definition) is 9. The molecule has 4 aromatic heterocycles. The van der Waals surface area contributed by atoms with Crippen molar-refractivity contribution in [3.05, 3.63) is 87.2 Å². The van der Waals surface area contributed by atoms with Gasteiger partial charge in [-0.2, -0.15) is 0 Å². The van der Waals surface area contributed by atoms with Crippen LogP contribution in [-0.2, 0) is 16.1 Å². The summed E-state index contributed by atoms with van der Waals surface area (Å²) < 4.78 is 6.82. The second-order valence-corrected chi connectivity index (χ2v) is 11.8. The molecule has 1 N–H and O–H groups in total. The monoisotopic (exact) mass is 593 g/mol. The first-order valence-electron chi connectivity index (χ1n) is 11.9. The van der Waals surface area contributed by atoms with E-state index in [1.807, 2.05) is 58.6 Å². The van der Waals surface area contributed by atoms with Crippen LogP contribution in [0.2, 0.25) is 0 Å². The van der Waals surface area contributed by atoms with Crippen molar-refractivity contribution in [1.29, 1.82) is 0 Å². The molecule has 0 atom stereocenters. The number of amides is 1. The summed E-state index contributed by atoms with van der Waals surface area (Å²) >= 11 is 5.41. The van der Waals surface area contributed by atoms with Crippen molar-refractivity contribution >= 4 is 72.9 Å². The summed E-state index contributed by atoms with van der Waals surface area (Å²) in [7, 11) is 0. The number of thioether (sulfide) groups is 1. The predicted octanol–water partition coefficient (Wildman–Crippen LogP) is 7.01. The largest absolute Gasteiger partial charge is 0.462 e. The Bertz CT molecular complexity index is 1700. The van der Waals surface area contributed by atoms with E-state index in [9.17, 15) is 14.4 Å². The van der Waals surface area contributed by atoms with E-state index < -0.39 is 5.97 Å². The number of fused-ring (bicyclic) bond motifs is 1. The fraction of sp³-hybridized carbons (Fsp3) is 0.143. The Morgan fingerprint density at radius 1 is 1.10 bits per heavy atom. The summed E-state index contributed by atoms with van der Waals surface area (Å²) in [6, 6.07) is 13.4. The van der Waals surface area contributed by atoms with Gasteiger partial charge in [-0.1, -0.05) is 54.2 Å². The van der Waals surface area contributed by atoms with Gasteiger partial charge in [0.05, 0.1) is 17.7 Å². The number of rotatable bonds is 10. The van der Waals surface area contributed by atoms with Gasteiger partial charge < -0.3 is 10.1 Å². The predicted molar refractivity (Wildman–Crippen MR) is 162 cm³/mol. The Balaban J connectivity index is 1.40. The third kappa shape index (κ3) is 5.62. The van der Waals surface area contributed by atoms with Crippen molar-refractivity contribution in [3.8, 4) is 21.6 Å². The fourth-order valence-corrected chi connectivity index (χ4v) is 7.58. The van der Waals surface area contributed by atoms with Gasteiger partial charge in [0.15, 0.2) is 5.16 Å². The van der Waals surface area contributed by atoms with Crippen molar-refractivity contribution in [2.45, 2.75) is 18.6 Å². The molecule has 0 fully saturated rings. The SMILES string of the molecule is C=CCn1c(SCC(=O)Nc2scc(-c3ccccc3)c2C(=O)OCC)nc2scc(-c3cccs3)c2c1=O. The number of esters is 1. The van der Waals surface area contributed by atoms with Gasteiger partial charge in [0.25, 0.3) is 5.56 Å². The van der Waals surface area contributed by atoms with E-state index in [0.717, 1.165) is 16.0 Å². The molecule has 4 heterocycles. The number of hydrogen-bond donors (Lipinski definition) is 1. The van der Waals surface area contributed by atoms with E-state index in [2.05, 4.69) is 11.9 Å². The highest BCUT2D eigenvalue weighted by Gasteiger charge is 2.23. The smallest absolute Gasteiger partial charge is 0.341 e. The minimum atomic E-state index is -0.494. The maximum Gasteiger partial charge on any atom is 0.341 e.